The summed E-state index contributed by atoms with van der Waals surface area (Å²) < 4.78 is 5.83. The molecule has 0 fully saturated rings. The number of fused-ring (bicyclic) bond motifs is 1. The number of benzene rings is 1. The van der Waals surface area contributed by atoms with Gasteiger partial charge in [-0.25, -0.2) is 4.79 Å². The summed E-state index contributed by atoms with van der Waals surface area (Å²) in [5.41, 5.74) is 2.42. The van der Waals surface area contributed by atoms with Gasteiger partial charge in [-0.3, -0.25) is 4.79 Å². The lowest BCUT2D eigenvalue weighted by Crippen LogP contribution is -2.41. The third kappa shape index (κ3) is 4.39. The normalized spacial score (nSPS) is 17.7. The number of rotatable bonds is 6. The topological polar surface area (TPSA) is 75.6 Å². The van der Waals surface area contributed by atoms with E-state index in [0.717, 1.165) is 12.2 Å². The monoisotopic (exact) mass is 309 g/mol. The van der Waals surface area contributed by atoms with E-state index in [1.807, 2.05) is 19.1 Å². The first-order chi connectivity index (χ1) is 9.95. The number of ether oxygens (including phenoxy) is 1. The maximum absolute atomic E-state index is 11.0. The summed E-state index contributed by atoms with van der Waals surface area (Å²) in [7, 11) is 0. The summed E-state index contributed by atoms with van der Waals surface area (Å²) in [4.78, 5) is 22.0. The van der Waals surface area contributed by atoms with Crippen molar-refractivity contribution in [2.45, 2.75) is 32.4 Å². The molecular weight excluding hydrogens is 290 g/mol. The number of hydrogen-bond acceptors (Lipinski definition) is 4. The van der Waals surface area contributed by atoms with E-state index in [1.165, 1.54) is 29.8 Å². The third-order valence-corrected chi connectivity index (χ3v) is 4.40. The van der Waals surface area contributed by atoms with Gasteiger partial charge in [0.2, 0.25) is 5.91 Å². The molecule has 1 aromatic rings. The minimum absolute atomic E-state index is 0.0681. The van der Waals surface area contributed by atoms with Gasteiger partial charge in [-0.1, -0.05) is 17.7 Å². The summed E-state index contributed by atoms with van der Waals surface area (Å²) in [5, 5.41) is 11.5. The van der Waals surface area contributed by atoms with E-state index in [4.69, 9.17) is 9.84 Å². The van der Waals surface area contributed by atoms with Gasteiger partial charge in [0.05, 0.1) is 0 Å². The molecule has 1 heterocycles. The van der Waals surface area contributed by atoms with Gasteiger partial charge < -0.3 is 15.2 Å². The molecule has 6 heteroatoms. The average Bonchev–Trinajstić information content (AvgIpc) is 2.78. The van der Waals surface area contributed by atoms with E-state index >= 15 is 0 Å². The van der Waals surface area contributed by atoms with E-state index in [0.29, 0.717) is 11.5 Å². The highest BCUT2D eigenvalue weighted by molar-refractivity contribution is 7.99. The first-order valence-electron chi connectivity index (χ1n) is 6.79. The molecule has 0 radical (unpaired) electrons. The number of aliphatic carboxylic acids is 1. The molecule has 5 nitrogen and oxygen atoms in total. The van der Waals surface area contributed by atoms with E-state index < -0.39 is 12.0 Å². The summed E-state index contributed by atoms with van der Waals surface area (Å²) in [6.45, 7) is 3.37. The van der Waals surface area contributed by atoms with Crippen molar-refractivity contribution in [1.29, 1.82) is 0 Å². The van der Waals surface area contributed by atoms with Crippen LogP contribution in [0, 0.1) is 6.92 Å². The molecule has 1 aliphatic heterocycles. The minimum Gasteiger partial charge on any atom is -0.489 e. The average molecular weight is 309 g/mol. The molecular formula is C15H19NO4S. The Labute approximate surface area is 128 Å². The second-order valence-electron chi connectivity index (χ2n) is 5.18. The number of amides is 1. The molecule has 114 valence electrons. The van der Waals surface area contributed by atoms with Crippen LogP contribution in [0.1, 0.15) is 18.1 Å². The van der Waals surface area contributed by atoms with Crippen LogP contribution in [0.4, 0.5) is 0 Å². The molecule has 0 saturated carbocycles. The van der Waals surface area contributed by atoms with E-state index in [-0.39, 0.29) is 12.0 Å². The molecule has 0 saturated heterocycles. The van der Waals surface area contributed by atoms with Crippen molar-refractivity contribution in [3.63, 3.8) is 0 Å². The summed E-state index contributed by atoms with van der Waals surface area (Å²) in [6, 6.07) is 5.27. The predicted octanol–water partition coefficient (Wildman–Crippen LogP) is 1.62. The van der Waals surface area contributed by atoms with Crippen molar-refractivity contribution in [3.8, 4) is 5.75 Å². The van der Waals surface area contributed by atoms with Gasteiger partial charge >= 0.3 is 5.97 Å². The molecule has 0 aliphatic carbocycles. The number of carbonyl (C=O) groups excluding carboxylic acids is 1. The maximum Gasteiger partial charge on any atom is 0.327 e. The van der Waals surface area contributed by atoms with Crippen LogP contribution >= 0.6 is 11.8 Å². The standard InChI is InChI=1S/C15H19NO4S/c1-9-3-4-14-11(5-9)6-12(20-14)7-21-8-13(15(18)19)16-10(2)17/h3-5,12-13H,6-8H2,1-2H3,(H,16,17)(H,18,19). The second-order valence-corrected chi connectivity index (χ2v) is 6.26. The molecule has 1 amide bonds. The van der Waals surface area contributed by atoms with Crippen LogP contribution in [0.15, 0.2) is 18.2 Å². The number of thioether (sulfide) groups is 1. The van der Waals surface area contributed by atoms with Crippen molar-refractivity contribution in [3.05, 3.63) is 29.3 Å². The van der Waals surface area contributed by atoms with E-state index in [1.54, 1.807) is 0 Å². The largest absolute Gasteiger partial charge is 0.489 e. The molecule has 1 aliphatic rings. The van der Waals surface area contributed by atoms with Gasteiger partial charge in [0, 0.05) is 24.9 Å². The molecule has 0 bridgehead atoms. The lowest BCUT2D eigenvalue weighted by Gasteiger charge is -2.14. The predicted molar refractivity (Wildman–Crippen MR) is 81.9 cm³/mol. The Balaban J connectivity index is 1.80. The fourth-order valence-electron chi connectivity index (χ4n) is 2.28. The number of carboxylic acids is 1. The van der Waals surface area contributed by atoms with E-state index in [9.17, 15) is 9.59 Å². The second kappa shape index (κ2) is 6.85. The first kappa shape index (κ1) is 15.7. The van der Waals surface area contributed by atoms with Gasteiger partial charge in [0.25, 0.3) is 0 Å². The number of hydrogen-bond donors (Lipinski definition) is 2. The Morgan fingerprint density at radius 3 is 2.95 bits per heavy atom. The molecule has 1 aromatic carbocycles. The Morgan fingerprint density at radius 2 is 2.29 bits per heavy atom. The fourth-order valence-corrected chi connectivity index (χ4v) is 3.33. The highest BCUT2D eigenvalue weighted by Crippen LogP contribution is 2.30. The van der Waals surface area contributed by atoms with Crippen LogP contribution in [0.5, 0.6) is 5.75 Å². The zero-order valence-corrected chi connectivity index (χ0v) is 12.9. The first-order valence-corrected chi connectivity index (χ1v) is 7.95. The van der Waals surface area contributed by atoms with Crippen LogP contribution in [-0.2, 0) is 16.0 Å². The Hall–Kier alpha value is -1.69. The highest BCUT2D eigenvalue weighted by Gasteiger charge is 2.24. The van der Waals surface area contributed by atoms with Crippen molar-refractivity contribution >= 4 is 23.6 Å². The fraction of sp³-hybridized carbons (Fsp3) is 0.467. The number of carboxylic acid groups (broad SMARTS) is 1. The van der Waals surface area contributed by atoms with Crippen molar-refractivity contribution < 1.29 is 19.4 Å². The Morgan fingerprint density at radius 1 is 1.52 bits per heavy atom. The van der Waals surface area contributed by atoms with Gasteiger partial charge in [0.1, 0.15) is 17.9 Å². The number of aryl methyl sites for hydroxylation is 1. The lowest BCUT2D eigenvalue weighted by molar-refractivity contribution is -0.140. The molecule has 2 unspecified atom stereocenters. The van der Waals surface area contributed by atoms with Gasteiger partial charge in [-0.15, -0.1) is 0 Å². The summed E-state index contributed by atoms with van der Waals surface area (Å²) >= 11 is 1.48. The van der Waals surface area contributed by atoms with E-state index in [2.05, 4.69) is 11.4 Å². The maximum atomic E-state index is 11.0. The van der Waals surface area contributed by atoms with Gasteiger partial charge in [0.15, 0.2) is 0 Å². The van der Waals surface area contributed by atoms with Crippen molar-refractivity contribution in [2.75, 3.05) is 11.5 Å². The molecule has 2 rings (SSSR count). The zero-order valence-electron chi connectivity index (χ0n) is 12.1. The molecule has 0 aromatic heterocycles. The minimum atomic E-state index is -1.01. The SMILES string of the molecule is CC(=O)NC(CSCC1Cc2cc(C)ccc2O1)C(=O)O. The van der Waals surface area contributed by atoms with Gasteiger partial charge in [-0.2, -0.15) is 11.8 Å². The van der Waals surface area contributed by atoms with Crippen LogP contribution in [0.25, 0.3) is 0 Å². The Kier molecular flexibility index (Phi) is 5.12. The third-order valence-electron chi connectivity index (χ3n) is 3.22. The molecule has 21 heavy (non-hydrogen) atoms. The molecule has 2 atom stereocenters. The smallest absolute Gasteiger partial charge is 0.327 e. The van der Waals surface area contributed by atoms with Crippen LogP contribution in [0.2, 0.25) is 0 Å². The van der Waals surface area contributed by atoms with Crippen molar-refractivity contribution in [2.24, 2.45) is 0 Å². The molecule has 0 spiro atoms. The quantitative estimate of drug-likeness (QED) is 0.835. The molecule has 2 N–H and O–H groups in total. The summed E-state index contributed by atoms with van der Waals surface area (Å²) in [5.74, 6) is 0.621. The summed E-state index contributed by atoms with van der Waals surface area (Å²) in [6.07, 6.45) is 0.917. The van der Waals surface area contributed by atoms with Crippen LogP contribution in [0.3, 0.4) is 0 Å². The Bertz CT molecular complexity index is 546. The number of carbonyl (C=O) groups is 2. The van der Waals surface area contributed by atoms with Gasteiger partial charge in [-0.05, 0) is 18.6 Å². The van der Waals surface area contributed by atoms with Crippen LogP contribution < -0.4 is 10.1 Å². The highest BCUT2D eigenvalue weighted by atomic mass is 32.2. The van der Waals surface area contributed by atoms with Crippen molar-refractivity contribution in [1.82, 2.24) is 5.32 Å². The van der Waals surface area contributed by atoms with Crippen LogP contribution in [-0.4, -0.2) is 40.6 Å². The zero-order chi connectivity index (χ0) is 15.4. The lowest BCUT2D eigenvalue weighted by atomic mass is 10.1. The number of nitrogens with one attached hydrogen (secondary N) is 1.